The molecule has 1 aromatic rings. The second kappa shape index (κ2) is 9.22. The van der Waals surface area contributed by atoms with E-state index in [-0.39, 0.29) is 0 Å². The van der Waals surface area contributed by atoms with E-state index in [2.05, 4.69) is 4.98 Å². The summed E-state index contributed by atoms with van der Waals surface area (Å²) in [5, 5.41) is 0. The summed E-state index contributed by atoms with van der Waals surface area (Å²) in [6.45, 7) is 2.51. The van der Waals surface area contributed by atoms with Crippen LogP contribution in [0.15, 0.2) is 18.5 Å². The molecule has 0 spiro atoms. The van der Waals surface area contributed by atoms with Crippen molar-refractivity contribution in [3.8, 4) is 5.75 Å². The Hall–Kier alpha value is -0.840. The zero-order valence-electron chi connectivity index (χ0n) is 10.0. The van der Waals surface area contributed by atoms with Gasteiger partial charge in [0.2, 0.25) is 0 Å². The van der Waals surface area contributed by atoms with Crippen LogP contribution < -0.4 is 4.74 Å². The summed E-state index contributed by atoms with van der Waals surface area (Å²) < 4.78 is 15.8. The highest BCUT2D eigenvalue weighted by Gasteiger charge is 2.01. The quantitative estimate of drug-likeness (QED) is 0.504. The summed E-state index contributed by atoms with van der Waals surface area (Å²) in [4.78, 5) is 4.00. The zero-order valence-corrected chi connectivity index (χ0v) is 10.8. The lowest BCUT2D eigenvalue weighted by Gasteiger charge is -2.09. The maximum Gasteiger partial charge on any atom is 0.141 e. The van der Waals surface area contributed by atoms with Gasteiger partial charge in [-0.15, -0.1) is 11.6 Å². The van der Waals surface area contributed by atoms with Crippen molar-refractivity contribution in [3.63, 3.8) is 0 Å². The summed E-state index contributed by atoms with van der Waals surface area (Å²) in [6.07, 6.45) is 4.22. The lowest BCUT2D eigenvalue weighted by atomic mass is 10.3. The minimum atomic E-state index is 0.433. The van der Waals surface area contributed by atoms with Crippen LogP contribution in [0.5, 0.6) is 5.75 Å². The lowest BCUT2D eigenvalue weighted by molar-refractivity contribution is 0.0644. The largest absolute Gasteiger partial charge is 0.492 e. The van der Waals surface area contributed by atoms with Gasteiger partial charge in [-0.25, -0.2) is 0 Å². The second-order valence-electron chi connectivity index (χ2n) is 3.42. The molecular formula is C12H18ClNO3. The van der Waals surface area contributed by atoms with Crippen LogP contribution in [0.25, 0.3) is 0 Å². The van der Waals surface area contributed by atoms with Gasteiger partial charge in [0.15, 0.2) is 0 Å². The Bertz CT molecular complexity index is 310. The Morgan fingerprint density at radius 3 is 2.88 bits per heavy atom. The summed E-state index contributed by atoms with van der Waals surface area (Å²) >= 11 is 5.78. The van der Waals surface area contributed by atoms with Gasteiger partial charge < -0.3 is 14.2 Å². The van der Waals surface area contributed by atoms with Crippen molar-refractivity contribution in [1.29, 1.82) is 0 Å². The SMILES string of the molecule is COCCOCCCOc1cnccc1CCl. The summed E-state index contributed by atoms with van der Waals surface area (Å²) in [5.41, 5.74) is 0.960. The molecule has 96 valence electrons. The molecule has 1 heterocycles. The van der Waals surface area contributed by atoms with E-state index in [9.17, 15) is 0 Å². The Morgan fingerprint density at radius 1 is 1.24 bits per heavy atom. The van der Waals surface area contributed by atoms with Crippen LogP contribution in [0.4, 0.5) is 0 Å². The van der Waals surface area contributed by atoms with Crippen LogP contribution in [-0.4, -0.2) is 38.5 Å². The van der Waals surface area contributed by atoms with Crippen LogP contribution in [-0.2, 0) is 15.4 Å². The van der Waals surface area contributed by atoms with Crippen molar-refractivity contribution in [2.45, 2.75) is 12.3 Å². The van der Waals surface area contributed by atoms with Crippen LogP contribution in [0.2, 0.25) is 0 Å². The van der Waals surface area contributed by atoms with Crippen molar-refractivity contribution in [2.24, 2.45) is 0 Å². The van der Waals surface area contributed by atoms with Gasteiger partial charge in [-0.2, -0.15) is 0 Å². The van der Waals surface area contributed by atoms with Gasteiger partial charge in [-0.3, -0.25) is 4.98 Å². The first-order valence-corrected chi connectivity index (χ1v) is 6.10. The van der Waals surface area contributed by atoms with Crippen molar-refractivity contribution in [2.75, 3.05) is 33.5 Å². The van der Waals surface area contributed by atoms with Gasteiger partial charge in [-0.05, 0) is 6.07 Å². The van der Waals surface area contributed by atoms with Gasteiger partial charge in [-0.1, -0.05) is 0 Å². The number of hydrogen-bond donors (Lipinski definition) is 0. The molecule has 0 unspecified atom stereocenters. The Morgan fingerprint density at radius 2 is 2.12 bits per heavy atom. The van der Waals surface area contributed by atoms with Gasteiger partial charge in [0.25, 0.3) is 0 Å². The average Bonchev–Trinajstić information content (AvgIpc) is 2.38. The summed E-state index contributed by atoms with van der Waals surface area (Å²) in [7, 11) is 1.66. The van der Waals surface area contributed by atoms with Crippen molar-refractivity contribution in [1.82, 2.24) is 4.98 Å². The third-order valence-electron chi connectivity index (χ3n) is 2.14. The number of ether oxygens (including phenoxy) is 3. The molecule has 0 fully saturated rings. The van der Waals surface area contributed by atoms with E-state index < -0.39 is 0 Å². The monoisotopic (exact) mass is 259 g/mol. The predicted octanol–water partition coefficient (Wildman–Crippen LogP) is 2.25. The van der Waals surface area contributed by atoms with E-state index in [1.807, 2.05) is 6.07 Å². The molecule has 0 aromatic carbocycles. The van der Waals surface area contributed by atoms with Gasteiger partial charge >= 0.3 is 0 Å². The molecule has 0 radical (unpaired) electrons. The zero-order chi connectivity index (χ0) is 12.3. The third kappa shape index (κ3) is 5.86. The maximum atomic E-state index is 5.78. The number of alkyl halides is 1. The van der Waals surface area contributed by atoms with E-state index in [4.69, 9.17) is 25.8 Å². The normalized spacial score (nSPS) is 10.5. The van der Waals surface area contributed by atoms with Gasteiger partial charge in [0.1, 0.15) is 5.75 Å². The molecular weight excluding hydrogens is 242 g/mol. The van der Waals surface area contributed by atoms with Crippen LogP contribution in [0.3, 0.4) is 0 Å². The van der Waals surface area contributed by atoms with Gasteiger partial charge in [0, 0.05) is 31.9 Å². The van der Waals surface area contributed by atoms with Crippen LogP contribution >= 0.6 is 11.6 Å². The molecule has 0 aliphatic heterocycles. The second-order valence-corrected chi connectivity index (χ2v) is 3.69. The molecule has 0 atom stereocenters. The average molecular weight is 260 g/mol. The van der Waals surface area contributed by atoms with Gasteiger partial charge in [0.05, 0.1) is 31.9 Å². The van der Waals surface area contributed by atoms with Crippen LogP contribution in [0, 0.1) is 0 Å². The molecule has 0 saturated carbocycles. The minimum Gasteiger partial charge on any atom is -0.492 e. The molecule has 17 heavy (non-hydrogen) atoms. The Balaban J connectivity index is 2.13. The Kier molecular flexibility index (Phi) is 7.71. The fraction of sp³-hybridized carbons (Fsp3) is 0.583. The number of methoxy groups -OCH3 is 1. The number of pyridine rings is 1. The molecule has 1 aromatic heterocycles. The highest BCUT2D eigenvalue weighted by Crippen LogP contribution is 2.18. The van der Waals surface area contributed by atoms with E-state index in [1.165, 1.54) is 0 Å². The van der Waals surface area contributed by atoms with E-state index in [1.54, 1.807) is 19.5 Å². The third-order valence-corrected chi connectivity index (χ3v) is 2.42. The molecule has 1 rings (SSSR count). The Labute approximate surface area is 107 Å². The highest BCUT2D eigenvalue weighted by atomic mass is 35.5. The maximum absolute atomic E-state index is 5.78. The fourth-order valence-corrected chi connectivity index (χ4v) is 1.46. The first kappa shape index (κ1) is 14.2. The topological polar surface area (TPSA) is 40.6 Å². The molecule has 0 aliphatic carbocycles. The van der Waals surface area contributed by atoms with Crippen molar-refractivity contribution < 1.29 is 14.2 Å². The standard InChI is InChI=1S/C12H18ClNO3/c1-15-7-8-16-5-2-6-17-12-10-14-4-3-11(12)9-13/h3-4,10H,2,5-9H2,1H3. The van der Waals surface area contributed by atoms with E-state index in [0.29, 0.717) is 32.3 Å². The van der Waals surface area contributed by atoms with Crippen molar-refractivity contribution >= 4 is 11.6 Å². The van der Waals surface area contributed by atoms with E-state index in [0.717, 1.165) is 17.7 Å². The molecule has 0 saturated heterocycles. The van der Waals surface area contributed by atoms with Crippen LogP contribution in [0.1, 0.15) is 12.0 Å². The lowest BCUT2D eigenvalue weighted by Crippen LogP contribution is -2.07. The summed E-state index contributed by atoms with van der Waals surface area (Å²) in [6, 6.07) is 1.86. The highest BCUT2D eigenvalue weighted by molar-refractivity contribution is 6.17. The van der Waals surface area contributed by atoms with Crippen molar-refractivity contribution in [3.05, 3.63) is 24.0 Å². The molecule has 4 nitrogen and oxygen atoms in total. The number of aromatic nitrogens is 1. The number of hydrogen-bond acceptors (Lipinski definition) is 4. The first-order valence-electron chi connectivity index (χ1n) is 5.56. The molecule has 0 amide bonds. The molecule has 5 heteroatoms. The number of halogens is 1. The predicted molar refractivity (Wildman–Crippen MR) is 66.6 cm³/mol. The summed E-state index contributed by atoms with van der Waals surface area (Å²) in [5.74, 6) is 1.18. The fourth-order valence-electron chi connectivity index (χ4n) is 1.24. The van der Waals surface area contributed by atoms with E-state index >= 15 is 0 Å². The molecule has 0 bridgehead atoms. The molecule has 0 aliphatic rings. The smallest absolute Gasteiger partial charge is 0.141 e. The number of nitrogens with zero attached hydrogens (tertiary/aromatic N) is 1. The minimum absolute atomic E-state index is 0.433. The number of rotatable bonds is 9. The first-order chi connectivity index (χ1) is 8.38. The molecule has 0 N–H and O–H groups in total.